The van der Waals surface area contributed by atoms with Gasteiger partial charge in [-0.1, -0.05) is 37.3 Å². The molecule has 5 nitrogen and oxygen atoms in total. The van der Waals surface area contributed by atoms with Crippen LogP contribution in [0.15, 0.2) is 90.4 Å². The Morgan fingerprint density at radius 1 is 1.33 bits per heavy atom. The highest BCUT2D eigenvalue weighted by molar-refractivity contribution is 8.02. The molecule has 0 unspecified atom stereocenters. The van der Waals surface area contributed by atoms with E-state index >= 15 is 0 Å². The maximum Gasteiger partial charge on any atom is 0.159 e. The van der Waals surface area contributed by atoms with Crippen LogP contribution < -0.4 is 11.1 Å². The van der Waals surface area contributed by atoms with Crippen molar-refractivity contribution in [2.75, 3.05) is 19.3 Å². The van der Waals surface area contributed by atoms with Gasteiger partial charge in [-0.2, -0.15) is 0 Å². The Morgan fingerprint density at radius 3 is 2.61 bits per heavy atom. The number of benzene rings is 1. The van der Waals surface area contributed by atoms with E-state index in [0.717, 1.165) is 29.6 Å². The normalized spacial score (nSPS) is 12.4. The van der Waals surface area contributed by atoms with Gasteiger partial charge in [0.1, 0.15) is 0 Å². The second-order valence-corrected chi connectivity index (χ2v) is 8.40. The Hall–Kier alpha value is -3.80. The Morgan fingerprint density at radius 2 is 2.06 bits per heavy atom. The number of nitrogen functional groups attached to an aromatic ring is 1. The molecule has 36 heavy (non-hydrogen) atoms. The van der Waals surface area contributed by atoms with E-state index in [0.29, 0.717) is 23.4 Å². The third kappa shape index (κ3) is 10.2. The number of halogens is 2. The molecule has 1 aromatic carbocycles. The second-order valence-electron chi connectivity index (χ2n) is 7.30. The van der Waals surface area contributed by atoms with Crippen molar-refractivity contribution < 1.29 is 8.78 Å². The molecule has 5 N–H and O–H groups in total. The summed E-state index contributed by atoms with van der Waals surface area (Å²) < 4.78 is 25.9. The summed E-state index contributed by atoms with van der Waals surface area (Å²) in [4.78, 5) is 6.04. The van der Waals surface area contributed by atoms with Crippen molar-refractivity contribution in [1.29, 1.82) is 5.41 Å². The summed E-state index contributed by atoms with van der Waals surface area (Å²) in [6.45, 7) is 10.5. The number of thioether (sulfide) groups is 1. The van der Waals surface area contributed by atoms with Crippen LogP contribution >= 0.6 is 11.8 Å². The van der Waals surface area contributed by atoms with Gasteiger partial charge in [-0.05, 0) is 54.9 Å². The Labute approximate surface area is 217 Å². The Balaban J connectivity index is 0.000000329. The monoisotopic (exact) mass is 509 g/mol. The number of nitrogens with one attached hydrogen (secondary N) is 3. The van der Waals surface area contributed by atoms with Gasteiger partial charge in [0, 0.05) is 54.3 Å². The first-order chi connectivity index (χ1) is 17.3. The largest absolute Gasteiger partial charge is 0.397 e. The molecule has 2 heterocycles. The van der Waals surface area contributed by atoms with Crippen molar-refractivity contribution in [3.63, 3.8) is 0 Å². The number of hydrogen-bond donors (Lipinski definition) is 4. The zero-order valence-corrected chi connectivity index (χ0v) is 21.5. The van der Waals surface area contributed by atoms with Crippen molar-refractivity contribution in [2.45, 2.75) is 19.2 Å². The Kier molecular flexibility index (Phi) is 14.1. The van der Waals surface area contributed by atoms with Crippen LogP contribution in [-0.2, 0) is 12.3 Å². The molecule has 0 radical (unpaired) electrons. The first-order valence-corrected chi connectivity index (χ1v) is 12.0. The molecule has 0 spiro atoms. The van der Waals surface area contributed by atoms with Gasteiger partial charge < -0.3 is 26.3 Å². The van der Waals surface area contributed by atoms with E-state index < -0.39 is 11.6 Å². The minimum atomic E-state index is -0.855. The highest BCUT2D eigenvalue weighted by Gasteiger charge is 2.12. The van der Waals surface area contributed by atoms with E-state index in [-0.39, 0.29) is 0 Å². The number of aromatic nitrogens is 1. The molecule has 0 amide bonds. The zero-order valence-electron chi connectivity index (χ0n) is 20.7. The first-order valence-electron chi connectivity index (χ1n) is 11.0. The molecule has 1 aliphatic rings. The standard InChI is InChI=1S/C15H11F2N.C11H17N3S.C2H5N/c1-3-13-5-4-8-18(11(13)2)10-12-6-7-14(16)15(17)9-12;1-3-4-10(6-13-2)15-8-9-5-14-7-11(9)12;1-2-3/h1,4-9H,2,10H2;3-5,7,13-14H,1,6,8,12H2,2H3;2-3H,1H3/b;10-4-;. The highest BCUT2D eigenvalue weighted by atomic mass is 32.2. The van der Waals surface area contributed by atoms with Gasteiger partial charge in [-0.25, -0.2) is 8.78 Å². The molecule has 0 saturated carbocycles. The predicted octanol–water partition coefficient (Wildman–Crippen LogP) is 6.14. The number of H-pyrrole nitrogens is 1. The average Bonchev–Trinajstić information content (AvgIpc) is 3.27. The first kappa shape index (κ1) is 30.2. The third-order valence-corrected chi connectivity index (χ3v) is 5.72. The summed E-state index contributed by atoms with van der Waals surface area (Å²) in [7, 11) is 1.93. The number of terminal acetylenes is 1. The number of likely N-dealkylation sites (N-methyl/N-ethyl adjacent to an activating group) is 1. The van der Waals surface area contributed by atoms with Crippen LogP contribution in [0.2, 0.25) is 0 Å². The van der Waals surface area contributed by atoms with Gasteiger partial charge in [0.15, 0.2) is 11.6 Å². The van der Waals surface area contributed by atoms with E-state index in [9.17, 15) is 8.78 Å². The molecule has 0 saturated heterocycles. The van der Waals surface area contributed by atoms with Crippen molar-refractivity contribution >= 4 is 23.7 Å². The number of hydrogen-bond acceptors (Lipinski definition) is 5. The maximum absolute atomic E-state index is 13.1. The SMILES string of the molecule is C#CC1=CC=CN(Cc2ccc(F)c(F)c2)C1=C.C=C/C=C(/CNC)SCc1c[nH]cc1N.CC=N. The van der Waals surface area contributed by atoms with E-state index in [2.05, 4.69) is 29.4 Å². The van der Waals surface area contributed by atoms with E-state index in [4.69, 9.17) is 17.6 Å². The van der Waals surface area contributed by atoms with Gasteiger partial charge in [0.2, 0.25) is 0 Å². The fourth-order valence-corrected chi connectivity index (χ4v) is 3.90. The van der Waals surface area contributed by atoms with Gasteiger partial charge in [-0.3, -0.25) is 0 Å². The lowest BCUT2D eigenvalue weighted by Crippen LogP contribution is -2.18. The molecule has 0 bridgehead atoms. The van der Waals surface area contributed by atoms with Crippen LogP contribution in [0.4, 0.5) is 14.5 Å². The van der Waals surface area contributed by atoms with Crippen LogP contribution in [0.1, 0.15) is 18.1 Å². The van der Waals surface area contributed by atoms with Crippen LogP contribution in [0.5, 0.6) is 0 Å². The molecule has 1 aromatic heterocycles. The summed E-state index contributed by atoms with van der Waals surface area (Å²) >= 11 is 1.77. The summed E-state index contributed by atoms with van der Waals surface area (Å²) in [5, 5.41) is 9.20. The van der Waals surface area contributed by atoms with Gasteiger partial charge >= 0.3 is 0 Å². The lowest BCUT2D eigenvalue weighted by Gasteiger charge is -2.25. The number of anilines is 1. The quantitative estimate of drug-likeness (QED) is 0.196. The molecular weight excluding hydrogens is 476 g/mol. The molecule has 8 heteroatoms. The van der Waals surface area contributed by atoms with Gasteiger partial charge in [0.25, 0.3) is 0 Å². The van der Waals surface area contributed by atoms with Crippen molar-refractivity contribution in [3.05, 3.63) is 113 Å². The maximum atomic E-state index is 13.1. The Bertz CT molecular complexity index is 1150. The summed E-state index contributed by atoms with van der Waals surface area (Å²) in [5.41, 5.74) is 9.75. The molecule has 0 fully saturated rings. The topological polar surface area (TPSA) is 80.9 Å². The van der Waals surface area contributed by atoms with Crippen LogP contribution in [0.25, 0.3) is 0 Å². The van der Waals surface area contributed by atoms with E-state index in [1.165, 1.54) is 23.3 Å². The number of nitrogens with zero attached hydrogens (tertiary/aromatic N) is 1. The minimum absolute atomic E-state index is 0.394. The highest BCUT2D eigenvalue weighted by Crippen LogP contribution is 2.24. The molecule has 3 rings (SSSR count). The van der Waals surface area contributed by atoms with Crippen LogP contribution in [-0.4, -0.2) is 29.7 Å². The molecule has 0 atom stereocenters. The molecule has 1 aliphatic heterocycles. The molecule has 2 aromatic rings. The van der Waals surface area contributed by atoms with Crippen LogP contribution in [0.3, 0.4) is 0 Å². The summed E-state index contributed by atoms with van der Waals surface area (Å²) in [5.74, 6) is 1.70. The fraction of sp³-hybridized carbons (Fsp3) is 0.179. The number of allylic oxidation sites excluding steroid dienone is 5. The number of nitrogens with two attached hydrogens (primary N) is 1. The average molecular weight is 510 g/mol. The van der Waals surface area contributed by atoms with Gasteiger partial charge in [0.05, 0.1) is 5.69 Å². The van der Waals surface area contributed by atoms with Gasteiger partial charge in [-0.15, -0.1) is 18.2 Å². The second kappa shape index (κ2) is 16.8. The minimum Gasteiger partial charge on any atom is -0.397 e. The van der Waals surface area contributed by atoms with Crippen molar-refractivity contribution in [1.82, 2.24) is 15.2 Å². The summed E-state index contributed by atoms with van der Waals surface area (Å²) in [6.07, 6.45) is 19.5. The van der Waals surface area contributed by atoms with Crippen molar-refractivity contribution in [3.8, 4) is 12.3 Å². The number of rotatable bonds is 8. The third-order valence-electron chi connectivity index (χ3n) is 4.61. The fourth-order valence-electron chi connectivity index (χ4n) is 2.87. The molecule has 190 valence electrons. The van der Waals surface area contributed by atoms with E-state index in [1.807, 2.05) is 25.5 Å². The zero-order chi connectivity index (χ0) is 26.9. The summed E-state index contributed by atoms with van der Waals surface area (Å²) in [6, 6.07) is 3.82. The number of aromatic amines is 1. The predicted molar refractivity (Wildman–Crippen MR) is 150 cm³/mol. The molecular formula is C28H33F2N5S. The van der Waals surface area contributed by atoms with Crippen molar-refractivity contribution in [2.24, 2.45) is 0 Å². The lowest BCUT2D eigenvalue weighted by molar-refractivity contribution is 0.460. The lowest BCUT2D eigenvalue weighted by atomic mass is 10.1. The molecule has 0 aliphatic carbocycles. The smallest absolute Gasteiger partial charge is 0.159 e. The van der Waals surface area contributed by atoms with E-state index in [1.54, 1.807) is 48.0 Å². The van der Waals surface area contributed by atoms with Crippen LogP contribution in [0, 0.1) is 29.4 Å².